The molecule has 27 heavy (non-hydrogen) atoms. The van der Waals surface area contributed by atoms with Crippen molar-refractivity contribution in [3.63, 3.8) is 0 Å². The minimum Gasteiger partial charge on any atom is -0.299 e. The Morgan fingerprint density at radius 2 is 1.93 bits per heavy atom. The Morgan fingerprint density at radius 3 is 2.52 bits per heavy atom. The van der Waals surface area contributed by atoms with Gasteiger partial charge in [0.1, 0.15) is 16.6 Å². The molecule has 5 nitrogen and oxygen atoms in total. The Balaban J connectivity index is 1.71. The number of sulfone groups is 1. The van der Waals surface area contributed by atoms with Crippen LogP contribution in [0.15, 0.2) is 28.5 Å². The molecule has 0 saturated heterocycles. The normalized spacial score (nSPS) is 11.7. The molecule has 2 aromatic heterocycles. The lowest BCUT2D eigenvalue weighted by atomic mass is 10.1. The maximum absolute atomic E-state index is 14.1. The molecule has 3 rings (SSSR count). The molecule has 0 aliphatic carbocycles. The van der Waals surface area contributed by atoms with Gasteiger partial charge in [0.25, 0.3) is 0 Å². The van der Waals surface area contributed by atoms with E-state index in [0.29, 0.717) is 5.01 Å². The van der Waals surface area contributed by atoms with Gasteiger partial charge in [-0.1, -0.05) is 6.07 Å². The predicted molar refractivity (Wildman–Crippen MR) is 105 cm³/mol. The second-order valence-electron chi connectivity index (χ2n) is 6.19. The smallest absolute Gasteiger partial charge is 0.175 e. The van der Waals surface area contributed by atoms with Crippen LogP contribution in [0.25, 0.3) is 10.6 Å². The van der Waals surface area contributed by atoms with E-state index >= 15 is 0 Å². The summed E-state index contributed by atoms with van der Waals surface area (Å²) in [6.45, 7) is 3.85. The van der Waals surface area contributed by atoms with E-state index in [1.54, 1.807) is 11.3 Å². The summed E-state index contributed by atoms with van der Waals surface area (Å²) in [7, 11) is -3.48. The largest absolute Gasteiger partial charge is 0.299 e. The van der Waals surface area contributed by atoms with Crippen molar-refractivity contribution >= 4 is 38.3 Å². The molecule has 0 atom stereocenters. The number of rotatable bonds is 6. The predicted octanol–water partition coefficient (Wildman–Crippen LogP) is 3.78. The van der Waals surface area contributed by atoms with Gasteiger partial charge in [-0.15, -0.1) is 22.7 Å². The van der Waals surface area contributed by atoms with Gasteiger partial charge in [0.15, 0.2) is 9.84 Å². The number of thiazole rings is 2. The number of nitrogens with zero attached hydrogens (tertiary/aromatic N) is 2. The van der Waals surface area contributed by atoms with Crippen molar-refractivity contribution in [3.8, 4) is 10.6 Å². The Bertz CT molecular complexity index is 1120. The van der Waals surface area contributed by atoms with Crippen LogP contribution in [0, 0.1) is 19.7 Å². The van der Waals surface area contributed by atoms with Gasteiger partial charge < -0.3 is 0 Å². The number of benzene rings is 1. The molecule has 0 aliphatic heterocycles. The molecular formula is C18H17FN2O3S3. The van der Waals surface area contributed by atoms with E-state index < -0.39 is 15.7 Å². The number of hydrogen-bond donors (Lipinski definition) is 0. The van der Waals surface area contributed by atoms with Crippen molar-refractivity contribution in [1.29, 1.82) is 0 Å². The molecule has 9 heteroatoms. The van der Waals surface area contributed by atoms with Gasteiger partial charge in [-0.2, -0.15) is 0 Å². The third kappa shape index (κ3) is 4.66. The number of hydrogen-bond acceptors (Lipinski definition) is 7. The lowest BCUT2D eigenvalue weighted by molar-refractivity contribution is -0.117. The SMILES string of the molecule is Cc1nc(C)c(-c2csc(CC(=O)Cc3ccc(S(C)(=O)=O)cc3F)n2)s1. The minimum absolute atomic E-state index is 0.101. The fourth-order valence-electron chi connectivity index (χ4n) is 2.61. The summed E-state index contributed by atoms with van der Waals surface area (Å²) in [5, 5.41) is 3.51. The van der Waals surface area contributed by atoms with Crippen LogP contribution in [0.3, 0.4) is 0 Å². The highest BCUT2D eigenvalue weighted by atomic mass is 32.2. The zero-order chi connectivity index (χ0) is 19.8. The first kappa shape index (κ1) is 19.8. The quantitative estimate of drug-likeness (QED) is 0.602. The summed E-state index contributed by atoms with van der Waals surface area (Å²) in [5.41, 5.74) is 1.89. The zero-order valence-electron chi connectivity index (χ0n) is 14.9. The van der Waals surface area contributed by atoms with Crippen LogP contribution in [-0.2, 0) is 27.5 Å². The zero-order valence-corrected chi connectivity index (χ0v) is 17.4. The van der Waals surface area contributed by atoms with E-state index in [2.05, 4.69) is 9.97 Å². The number of aryl methyl sites for hydroxylation is 2. The lowest BCUT2D eigenvalue weighted by Crippen LogP contribution is -2.08. The highest BCUT2D eigenvalue weighted by molar-refractivity contribution is 7.90. The molecule has 0 amide bonds. The number of halogens is 1. The molecule has 1 aromatic carbocycles. The average Bonchev–Trinajstić information content (AvgIpc) is 3.14. The van der Waals surface area contributed by atoms with Crippen LogP contribution < -0.4 is 0 Å². The van der Waals surface area contributed by atoms with E-state index in [9.17, 15) is 17.6 Å². The van der Waals surface area contributed by atoms with Gasteiger partial charge in [0.2, 0.25) is 0 Å². The second kappa shape index (κ2) is 7.57. The van der Waals surface area contributed by atoms with Crippen LogP contribution >= 0.6 is 22.7 Å². The molecule has 0 N–H and O–H groups in total. The molecule has 0 fully saturated rings. The molecule has 0 spiro atoms. The van der Waals surface area contributed by atoms with Gasteiger partial charge >= 0.3 is 0 Å². The van der Waals surface area contributed by atoms with Gasteiger partial charge in [0, 0.05) is 18.1 Å². The maximum Gasteiger partial charge on any atom is 0.175 e. The van der Waals surface area contributed by atoms with Crippen molar-refractivity contribution in [3.05, 3.63) is 50.7 Å². The molecule has 0 aliphatic rings. The van der Waals surface area contributed by atoms with Crippen LogP contribution in [0.2, 0.25) is 0 Å². The third-order valence-corrected chi connectivity index (χ3v) is 6.93. The number of ketones is 1. The Labute approximate surface area is 164 Å². The third-order valence-electron chi connectivity index (χ3n) is 3.88. The molecule has 3 aromatic rings. The highest BCUT2D eigenvalue weighted by Gasteiger charge is 2.16. The summed E-state index contributed by atoms with van der Waals surface area (Å²) in [6, 6.07) is 3.62. The fourth-order valence-corrected chi connectivity index (χ4v) is 5.01. The van der Waals surface area contributed by atoms with Gasteiger partial charge in [-0.3, -0.25) is 4.79 Å². The first-order valence-corrected chi connectivity index (χ1v) is 11.6. The Hall–Kier alpha value is -1.97. The molecule has 142 valence electrons. The van der Waals surface area contributed by atoms with E-state index in [-0.39, 0.29) is 29.1 Å². The van der Waals surface area contributed by atoms with Crippen LogP contribution in [0.1, 0.15) is 21.3 Å². The topological polar surface area (TPSA) is 77.0 Å². The van der Waals surface area contributed by atoms with Crippen molar-refractivity contribution in [1.82, 2.24) is 9.97 Å². The lowest BCUT2D eigenvalue weighted by Gasteiger charge is -2.04. The molecule has 0 saturated carbocycles. The number of Topliss-reactive ketones (excluding diaryl/α,β-unsaturated/α-hetero) is 1. The van der Waals surface area contributed by atoms with Crippen molar-refractivity contribution < 1.29 is 17.6 Å². The Morgan fingerprint density at radius 1 is 1.19 bits per heavy atom. The molecule has 0 radical (unpaired) electrons. The summed E-state index contributed by atoms with van der Waals surface area (Å²) < 4.78 is 37.0. The number of aromatic nitrogens is 2. The van der Waals surface area contributed by atoms with Gasteiger partial charge in [-0.25, -0.2) is 22.8 Å². The van der Waals surface area contributed by atoms with E-state index in [1.165, 1.54) is 23.5 Å². The summed E-state index contributed by atoms with van der Waals surface area (Å²) in [6.07, 6.45) is 1.01. The maximum atomic E-state index is 14.1. The summed E-state index contributed by atoms with van der Waals surface area (Å²) >= 11 is 2.94. The standard InChI is InChI=1S/C18H17FN2O3S3/c1-10-18(26-11(2)20-10)16-9-25-17(21-16)7-13(22)6-12-4-5-14(8-15(12)19)27(3,23)24/h4-5,8-9H,6-7H2,1-3H3. The molecule has 2 heterocycles. The second-order valence-corrected chi connectivity index (χ2v) is 10.4. The average molecular weight is 425 g/mol. The van der Waals surface area contributed by atoms with Crippen LogP contribution in [-0.4, -0.2) is 30.4 Å². The van der Waals surface area contributed by atoms with E-state index in [4.69, 9.17) is 0 Å². The van der Waals surface area contributed by atoms with Gasteiger partial charge in [-0.05, 0) is 31.5 Å². The van der Waals surface area contributed by atoms with Crippen molar-refractivity contribution in [2.45, 2.75) is 31.6 Å². The van der Waals surface area contributed by atoms with Crippen LogP contribution in [0.5, 0.6) is 0 Å². The van der Waals surface area contributed by atoms with E-state index in [1.807, 2.05) is 19.2 Å². The number of carbonyl (C=O) groups excluding carboxylic acids is 1. The van der Waals surface area contributed by atoms with Gasteiger partial charge in [0.05, 0.1) is 32.6 Å². The summed E-state index contributed by atoms with van der Waals surface area (Å²) in [4.78, 5) is 22.1. The monoisotopic (exact) mass is 424 g/mol. The molecular weight excluding hydrogens is 407 g/mol. The minimum atomic E-state index is -3.48. The summed E-state index contributed by atoms with van der Waals surface area (Å²) in [5.74, 6) is -0.874. The molecule has 0 unspecified atom stereocenters. The van der Waals surface area contributed by atoms with Crippen molar-refractivity contribution in [2.75, 3.05) is 6.26 Å². The first-order valence-electron chi connectivity index (χ1n) is 8.02. The number of carbonyl (C=O) groups is 1. The molecule has 0 bridgehead atoms. The van der Waals surface area contributed by atoms with E-state index in [0.717, 1.165) is 33.6 Å². The van der Waals surface area contributed by atoms with Crippen LogP contribution in [0.4, 0.5) is 4.39 Å². The highest BCUT2D eigenvalue weighted by Crippen LogP contribution is 2.30. The first-order chi connectivity index (χ1) is 12.6. The van der Waals surface area contributed by atoms with Crippen molar-refractivity contribution in [2.24, 2.45) is 0 Å². The Kier molecular flexibility index (Phi) is 5.55. The fraction of sp³-hybridized carbons (Fsp3) is 0.278.